The second-order valence-electron chi connectivity index (χ2n) is 3.19. The van der Waals surface area contributed by atoms with E-state index in [0.29, 0.717) is 0 Å². The molecule has 2 rings (SSSR count). The molecule has 0 saturated carbocycles. The zero-order valence-corrected chi connectivity index (χ0v) is 11.0. The molecule has 2 aromatic rings. The van der Waals surface area contributed by atoms with Crippen LogP contribution in [-0.2, 0) is 20.4 Å². The third kappa shape index (κ3) is 5.44. The van der Waals surface area contributed by atoms with E-state index in [1.54, 1.807) is 0 Å². The molecular weight excluding hydrogens is 403 g/mol. The van der Waals surface area contributed by atoms with E-state index in [1.807, 2.05) is 0 Å². The van der Waals surface area contributed by atoms with E-state index >= 15 is 0 Å². The van der Waals surface area contributed by atoms with Crippen LogP contribution in [0.5, 0.6) is 0 Å². The molecule has 0 unspecified atom stereocenters. The van der Waals surface area contributed by atoms with E-state index in [2.05, 4.69) is 0 Å². The SMILES string of the molecule is Fc1[c-]c(F)c(F)c(F)c1.Fc1[c-]c(F)c(F)c(F)c1.[Pd+2]. The van der Waals surface area contributed by atoms with Gasteiger partial charge in [-0.15, -0.1) is 12.1 Å². The molecule has 0 aliphatic heterocycles. The molecule has 0 spiro atoms. The van der Waals surface area contributed by atoms with E-state index in [-0.39, 0.29) is 32.6 Å². The van der Waals surface area contributed by atoms with Crippen molar-refractivity contribution < 1.29 is 55.5 Å². The van der Waals surface area contributed by atoms with Gasteiger partial charge in [0.05, 0.1) is 34.9 Å². The fraction of sp³-hybridized carbons (Fsp3) is 0. The molecule has 0 nitrogen and oxygen atoms in total. The molecule has 0 amide bonds. The second kappa shape index (κ2) is 8.10. The van der Waals surface area contributed by atoms with Crippen LogP contribution in [0.3, 0.4) is 0 Å². The third-order valence-corrected chi connectivity index (χ3v) is 1.77. The molecular formula is C12H2F8Pd. The molecule has 2 aromatic carbocycles. The van der Waals surface area contributed by atoms with Crippen LogP contribution in [0, 0.1) is 58.7 Å². The van der Waals surface area contributed by atoms with Crippen molar-refractivity contribution in [2.24, 2.45) is 0 Å². The first kappa shape index (κ1) is 19.5. The van der Waals surface area contributed by atoms with Gasteiger partial charge in [-0.25, -0.2) is 26.3 Å². The number of hydrogen-bond donors (Lipinski definition) is 0. The Morgan fingerprint density at radius 3 is 1.10 bits per heavy atom. The minimum Gasteiger partial charge on any atom is -0.278 e. The zero-order chi connectivity index (χ0) is 15.4. The normalized spacial score (nSPS) is 9.52. The van der Waals surface area contributed by atoms with Crippen molar-refractivity contribution in [3.8, 4) is 0 Å². The van der Waals surface area contributed by atoms with Gasteiger partial charge >= 0.3 is 20.4 Å². The first-order valence-electron chi connectivity index (χ1n) is 4.67. The summed E-state index contributed by atoms with van der Waals surface area (Å²) < 4.78 is 95.5. The number of hydrogen-bond acceptors (Lipinski definition) is 0. The van der Waals surface area contributed by atoms with Gasteiger partial charge in [0.2, 0.25) is 0 Å². The maximum atomic E-state index is 12.0. The number of halogens is 8. The van der Waals surface area contributed by atoms with Crippen molar-refractivity contribution in [1.29, 1.82) is 0 Å². The predicted molar refractivity (Wildman–Crippen MR) is 50.2 cm³/mol. The van der Waals surface area contributed by atoms with Crippen molar-refractivity contribution in [3.05, 3.63) is 70.8 Å². The molecule has 0 heterocycles. The van der Waals surface area contributed by atoms with Crippen LogP contribution in [0.1, 0.15) is 0 Å². The summed E-state index contributed by atoms with van der Waals surface area (Å²) in [6.07, 6.45) is 0. The molecule has 0 N–H and O–H groups in total. The minimum absolute atomic E-state index is 0. The van der Waals surface area contributed by atoms with Crippen LogP contribution >= 0.6 is 0 Å². The van der Waals surface area contributed by atoms with Gasteiger partial charge < -0.3 is 0 Å². The van der Waals surface area contributed by atoms with Crippen LogP contribution in [0.4, 0.5) is 35.1 Å². The van der Waals surface area contributed by atoms with Crippen LogP contribution < -0.4 is 0 Å². The Hall–Kier alpha value is -1.46. The van der Waals surface area contributed by atoms with Crippen molar-refractivity contribution in [1.82, 2.24) is 0 Å². The molecule has 0 atom stereocenters. The summed E-state index contributed by atoms with van der Waals surface area (Å²) in [7, 11) is 0. The molecule has 0 aliphatic carbocycles. The standard InChI is InChI=1S/2C6HF4.Pd/c2*7-3-1-4(8)6(10)5(9)2-3;/h2*1H;/q2*-1;+2. The Morgan fingerprint density at radius 2 is 0.857 bits per heavy atom. The Morgan fingerprint density at radius 1 is 0.571 bits per heavy atom. The van der Waals surface area contributed by atoms with Crippen molar-refractivity contribution in [3.63, 3.8) is 0 Å². The summed E-state index contributed by atoms with van der Waals surface area (Å²) in [5, 5.41) is 0. The van der Waals surface area contributed by atoms with E-state index < -0.39 is 46.5 Å². The van der Waals surface area contributed by atoms with Gasteiger partial charge in [-0.1, -0.05) is 12.1 Å². The van der Waals surface area contributed by atoms with Crippen molar-refractivity contribution >= 4 is 0 Å². The van der Waals surface area contributed by atoms with Crippen molar-refractivity contribution in [2.45, 2.75) is 0 Å². The monoisotopic (exact) mass is 404 g/mol. The summed E-state index contributed by atoms with van der Waals surface area (Å²) in [5.41, 5.74) is 0. The molecule has 116 valence electrons. The number of benzene rings is 2. The molecule has 0 aliphatic rings. The largest absolute Gasteiger partial charge is 2.00 e. The molecule has 0 saturated heterocycles. The molecule has 0 aromatic heterocycles. The third-order valence-electron chi connectivity index (χ3n) is 1.77. The van der Waals surface area contributed by atoms with Gasteiger partial charge in [-0.3, -0.25) is 8.78 Å². The Balaban J connectivity index is 0.000000364. The first-order chi connectivity index (χ1) is 9.22. The molecule has 0 fully saturated rings. The molecule has 0 bridgehead atoms. The topological polar surface area (TPSA) is 0 Å². The number of rotatable bonds is 0. The summed E-state index contributed by atoms with van der Waals surface area (Å²) in [6, 6.07) is 3.10. The average molecular weight is 405 g/mol. The van der Waals surface area contributed by atoms with Crippen LogP contribution in [0.2, 0.25) is 0 Å². The Kier molecular flexibility index (Phi) is 7.54. The Bertz CT molecular complexity index is 527. The smallest absolute Gasteiger partial charge is 0.278 e. The van der Waals surface area contributed by atoms with Gasteiger partial charge in [-0.2, -0.15) is 0 Å². The van der Waals surface area contributed by atoms with Gasteiger partial charge in [0.15, 0.2) is 0 Å². The van der Waals surface area contributed by atoms with Gasteiger partial charge in [0.1, 0.15) is 0 Å². The van der Waals surface area contributed by atoms with Crippen LogP contribution in [-0.4, -0.2) is 0 Å². The van der Waals surface area contributed by atoms with Gasteiger partial charge in [0, 0.05) is 11.6 Å². The van der Waals surface area contributed by atoms with E-state index in [4.69, 9.17) is 0 Å². The summed E-state index contributed by atoms with van der Waals surface area (Å²) >= 11 is 0. The van der Waals surface area contributed by atoms with E-state index in [9.17, 15) is 35.1 Å². The minimum atomic E-state index is -1.71. The van der Waals surface area contributed by atoms with E-state index in [0.717, 1.165) is 0 Å². The zero-order valence-electron chi connectivity index (χ0n) is 9.49. The van der Waals surface area contributed by atoms with Crippen molar-refractivity contribution in [2.75, 3.05) is 0 Å². The van der Waals surface area contributed by atoms with Gasteiger partial charge in [-0.05, 0) is 0 Å². The predicted octanol–water partition coefficient (Wildman–Crippen LogP) is 4.08. The molecule has 21 heavy (non-hydrogen) atoms. The first-order valence-corrected chi connectivity index (χ1v) is 4.67. The maximum absolute atomic E-state index is 12.0. The summed E-state index contributed by atoms with van der Waals surface area (Å²) in [5.74, 6) is -12.3. The Labute approximate surface area is 127 Å². The average Bonchev–Trinajstić information content (AvgIpc) is 2.33. The fourth-order valence-electron chi connectivity index (χ4n) is 0.951. The summed E-state index contributed by atoms with van der Waals surface area (Å²) in [6.45, 7) is 0. The summed E-state index contributed by atoms with van der Waals surface area (Å²) in [4.78, 5) is 0. The van der Waals surface area contributed by atoms with Crippen LogP contribution in [0.25, 0.3) is 0 Å². The molecule has 0 radical (unpaired) electrons. The fourth-order valence-corrected chi connectivity index (χ4v) is 0.951. The van der Waals surface area contributed by atoms with Crippen LogP contribution in [0.15, 0.2) is 12.1 Å². The maximum Gasteiger partial charge on any atom is 2.00 e. The quantitative estimate of drug-likeness (QED) is 0.204. The van der Waals surface area contributed by atoms with Gasteiger partial charge in [0.25, 0.3) is 0 Å². The van der Waals surface area contributed by atoms with E-state index in [1.165, 1.54) is 12.1 Å². The second-order valence-corrected chi connectivity index (χ2v) is 3.19. The molecule has 9 heteroatoms.